The lowest BCUT2D eigenvalue weighted by Crippen LogP contribution is -2.27. The quantitative estimate of drug-likeness (QED) is 0.689. The van der Waals surface area contributed by atoms with Crippen LogP contribution in [0.25, 0.3) is 21.9 Å². The van der Waals surface area contributed by atoms with Crippen LogP contribution >= 0.6 is 0 Å². The summed E-state index contributed by atoms with van der Waals surface area (Å²) < 4.78 is 1.97. The molecule has 116 valence electrons. The molecule has 0 aliphatic heterocycles. The minimum absolute atomic E-state index is 0.162. The van der Waals surface area contributed by atoms with E-state index < -0.39 is 5.60 Å². The highest BCUT2D eigenvalue weighted by atomic mass is 16.3. The number of fused-ring (bicyclic) bond motifs is 3. The van der Waals surface area contributed by atoms with E-state index in [2.05, 4.69) is 9.97 Å². The van der Waals surface area contributed by atoms with Crippen molar-refractivity contribution in [2.24, 2.45) is 0 Å². The largest absolute Gasteiger partial charge is 0.508 e. The number of aryl methyl sites for hydroxylation is 1. The number of nitrogens with two attached hydrogens (primary N) is 1. The summed E-state index contributed by atoms with van der Waals surface area (Å²) in [5.41, 5.74) is 7.27. The van der Waals surface area contributed by atoms with Gasteiger partial charge in [0.05, 0.1) is 23.2 Å². The Hall–Kier alpha value is -2.34. The van der Waals surface area contributed by atoms with Gasteiger partial charge in [-0.05, 0) is 32.0 Å². The third-order valence-electron chi connectivity index (χ3n) is 3.63. The summed E-state index contributed by atoms with van der Waals surface area (Å²) in [5, 5.41) is 20.8. The van der Waals surface area contributed by atoms with E-state index >= 15 is 0 Å². The van der Waals surface area contributed by atoms with Gasteiger partial charge >= 0.3 is 0 Å². The van der Waals surface area contributed by atoms with Crippen molar-refractivity contribution in [1.82, 2.24) is 14.5 Å². The van der Waals surface area contributed by atoms with E-state index in [-0.39, 0.29) is 5.75 Å². The Morgan fingerprint density at radius 2 is 2.00 bits per heavy atom. The second kappa shape index (κ2) is 4.84. The van der Waals surface area contributed by atoms with Crippen LogP contribution in [0.15, 0.2) is 18.2 Å². The standard InChI is InChI=1S/C16H20N4O2/c1-4-12-19-13-14(20(12)8-16(2,3)22)10-7-9(21)5-6-11(10)18-15(13)17/h5-7,21-22H,4,8H2,1-3H3,(H2,17,18). The Labute approximate surface area is 128 Å². The zero-order chi connectivity index (χ0) is 16.1. The molecule has 1 aromatic carbocycles. The molecule has 6 nitrogen and oxygen atoms in total. The predicted molar refractivity (Wildman–Crippen MR) is 86.8 cm³/mol. The summed E-state index contributed by atoms with van der Waals surface area (Å²) in [6.07, 6.45) is 0.713. The number of aliphatic hydroxyl groups is 1. The van der Waals surface area contributed by atoms with Crippen molar-refractivity contribution in [3.63, 3.8) is 0 Å². The first-order valence-corrected chi connectivity index (χ1v) is 7.30. The summed E-state index contributed by atoms with van der Waals surface area (Å²) in [7, 11) is 0. The first kappa shape index (κ1) is 14.6. The van der Waals surface area contributed by atoms with Crippen molar-refractivity contribution in [2.45, 2.75) is 39.3 Å². The number of nitrogens with zero attached hydrogens (tertiary/aromatic N) is 3. The van der Waals surface area contributed by atoms with Gasteiger partial charge in [-0.1, -0.05) is 6.92 Å². The number of benzene rings is 1. The van der Waals surface area contributed by atoms with Gasteiger partial charge in [-0.2, -0.15) is 0 Å². The van der Waals surface area contributed by atoms with Gasteiger partial charge in [0.15, 0.2) is 5.82 Å². The number of nitrogen functional groups attached to an aromatic ring is 1. The van der Waals surface area contributed by atoms with Crippen LogP contribution in [-0.2, 0) is 13.0 Å². The zero-order valence-corrected chi connectivity index (χ0v) is 13.0. The molecule has 0 atom stereocenters. The van der Waals surface area contributed by atoms with Gasteiger partial charge < -0.3 is 20.5 Å². The average Bonchev–Trinajstić information content (AvgIpc) is 2.77. The van der Waals surface area contributed by atoms with Crippen molar-refractivity contribution in [3.05, 3.63) is 24.0 Å². The molecule has 2 heterocycles. The lowest BCUT2D eigenvalue weighted by molar-refractivity contribution is 0.0619. The summed E-state index contributed by atoms with van der Waals surface area (Å²) in [6.45, 7) is 5.90. The number of imidazole rings is 1. The van der Waals surface area contributed by atoms with Crippen LogP contribution in [0.2, 0.25) is 0 Å². The molecule has 0 saturated carbocycles. The lowest BCUT2D eigenvalue weighted by atomic mass is 10.1. The molecule has 0 radical (unpaired) electrons. The molecule has 0 aliphatic carbocycles. The van der Waals surface area contributed by atoms with E-state index in [1.807, 2.05) is 11.5 Å². The fourth-order valence-corrected chi connectivity index (χ4v) is 2.77. The number of rotatable bonds is 3. The summed E-state index contributed by atoms with van der Waals surface area (Å²) in [6, 6.07) is 4.97. The summed E-state index contributed by atoms with van der Waals surface area (Å²) in [4.78, 5) is 8.94. The van der Waals surface area contributed by atoms with E-state index in [1.54, 1.807) is 32.0 Å². The topological polar surface area (TPSA) is 97.2 Å². The fraction of sp³-hybridized carbons (Fsp3) is 0.375. The van der Waals surface area contributed by atoms with Crippen molar-refractivity contribution >= 4 is 27.8 Å². The van der Waals surface area contributed by atoms with Crippen LogP contribution in [0.5, 0.6) is 5.75 Å². The Bertz CT molecular complexity index is 862. The fourth-order valence-electron chi connectivity index (χ4n) is 2.77. The van der Waals surface area contributed by atoms with E-state index in [0.717, 1.165) is 16.7 Å². The molecule has 3 aromatic rings. The molecule has 3 rings (SSSR count). The number of anilines is 1. The molecular formula is C16H20N4O2. The number of aromatic hydroxyl groups is 1. The van der Waals surface area contributed by atoms with Gasteiger partial charge in [-0.15, -0.1) is 0 Å². The molecule has 2 aromatic heterocycles. The molecule has 0 aliphatic rings. The second-order valence-corrected chi connectivity index (χ2v) is 6.18. The molecule has 22 heavy (non-hydrogen) atoms. The van der Waals surface area contributed by atoms with Crippen molar-refractivity contribution in [2.75, 3.05) is 5.73 Å². The molecule has 0 amide bonds. The number of hydrogen-bond acceptors (Lipinski definition) is 5. The smallest absolute Gasteiger partial charge is 0.152 e. The Morgan fingerprint density at radius 1 is 1.27 bits per heavy atom. The van der Waals surface area contributed by atoms with Crippen LogP contribution in [0.1, 0.15) is 26.6 Å². The number of aromatic nitrogens is 3. The van der Waals surface area contributed by atoms with Crippen LogP contribution in [0.3, 0.4) is 0 Å². The maximum atomic E-state index is 10.2. The highest BCUT2D eigenvalue weighted by Gasteiger charge is 2.21. The predicted octanol–water partition coefficient (Wildman–Crippen LogP) is 2.21. The normalized spacial score (nSPS) is 12.4. The SMILES string of the molecule is CCc1nc2c(N)nc3ccc(O)cc3c2n1CC(C)(C)O. The summed E-state index contributed by atoms with van der Waals surface area (Å²) >= 11 is 0. The van der Waals surface area contributed by atoms with E-state index in [4.69, 9.17) is 5.73 Å². The van der Waals surface area contributed by atoms with Gasteiger partial charge in [0.25, 0.3) is 0 Å². The van der Waals surface area contributed by atoms with Crippen molar-refractivity contribution in [3.8, 4) is 5.75 Å². The molecule has 4 N–H and O–H groups in total. The number of phenolic OH excluding ortho intramolecular Hbond substituents is 1. The minimum atomic E-state index is -0.890. The Balaban J connectivity index is 2.45. The van der Waals surface area contributed by atoms with Crippen molar-refractivity contribution in [1.29, 1.82) is 0 Å². The highest BCUT2D eigenvalue weighted by molar-refractivity contribution is 6.07. The first-order chi connectivity index (χ1) is 10.3. The van der Waals surface area contributed by atoms with Crippen LogP contribution in [0, 0.1) is 0 Å². The minimum Gasteiger partial charge on any atom is -0.508 e. The number of pyridine rings is 1. The van der Waals surface area contributed by atoms with Gasteiger partial charge in [0.1, 0.15) is 17.1 Å². The van der Waals surface area contributed by atoms with E-state index in [0.29, 0.717) is 29.8 Å². The van der Waals surface area contributed by atoms with Crippen LogP contribution in [0.4, 0.5) is 5.82 Å². The van der Waals surface area contributed by atoms with Crippen LogP contribution < -0.4 is 5.73 Å². The second-order valence-electron chi connectivity index (χ2n) is 6.18. The third kappa shape index (κ3) is 2.35. The molecule has 0 unspecified atom stereocenters. The molecule has 6 heteroatoms. The number of phenols is 1. The Morgan fingerprint density at radius 3 is 2.64 bits per heavy atom. The van der Waals surface area contributed by atoms with E-state index in [1.165, 1.54) is 0 Å². The zero-order valence-electron chi connectivity index (χ0n) is 13.0. The van der Waals surface area contributed by atoms with Crippen LogP contribution in [-0.4, -0.2) is 30.3 Å². The van der Waals surface area contributed by atoms with Gasteiger partial charge in [-0.25, -0.2) is 9.97 Å². The maximum Gasteiger partial charge on any atom is 0.152 e. The maximum absolute atomic E-state index is 10.2. The monoisotopic (exact) mass is 300 g/mol. The van der Waals surface area contributed by atoms with Crippen molar-refractivity contribution < 1.29 is 10.2 Å². The molecule has 0 spiro atoms. The van der Waals surface area contributed by atoms with Gasteiger partial charge in [0, 0.05) is 11.8 Å². The molecule has 0 fully saturated rings. The first-order valence-electron chi connectivity index (χ1n) is 7.30. The van der Waals surface area contributed by atoms with Gasteiger partial charge in [0.2, 0.25) is 0 Å². The third-order valence-corrected chi connectivity index (χ3v) is 3.63. The molecular weight excluding hydrogens is 280 g/mol. The lowest BCUT2D eigenvalue weighted by Gasteiger charge is -2.20. The average molecular weight is 300 g/mol. The summed E-state index contributed by atoms with van der Waals surface area (Å²) in [5.74, 6) is 1.35. The van der Waals surface area contributed by atoms with Gasteiger partial charge in [-0.3, -0.25) is 0 Å². The molecule has 0 bridgehead atoms. The Kier molecular flexibility index (Phi) is 3.21. The number of hydrogen-bond donors (Lipinski definition) is 3. The highest BCUT2D eigenvalue weighted by Crippen LogP contribution is 2.31. The molecule has 0 saturated heterocycles. The van der Waals surface area contributed by atoms with E-state index in [9.17, 15) is 10.2 Å².